The quantitative estimate of drug-likeness (QED) is 0.322. The van der Waals surface area contributed by atoms with E-state index in [1.54, 1.807) is 0 Å². The maximum absolute atomic E-state index is 11.2. The fourth-order valence-electron chi connectivity index (χ4n) is 0.839. The molecule has 1 amide bonds. The fourth-order valence-corrected chi connectivity index (χ4v) is 0.982. The largest absolute Gasteiger partial charge is 0.504 e. The maximum atomic E-state index is 11.2. The van der Waals surface area contributed by atoms with Gasteiger partial charge in [-0.2, -0.15) is 12.6 Å². The molecular formula is C8H9NO3S. The molecule has 0 aromatic heterocycles. The Kier molecular flexibility index (Phi) is 3.02. The van der Waals surface area contributed by atoms with Gasteiger partial charge in [0.05, 0.1) is 5.88 Å². The van der Waals surface area contributed by atoms with Gasteiger partial charge in [0.1, 0.15) is 0 Å². The van der Waals surface area contributed by atoms with Gasteiger partial charge in [0.15, 0.2) is 11.5 Å². The van der Waals surface area contributed by atoms with Crippen molar-refractivity contribution in [1.82, 2.24) is 5.32 Å². The van der Waals surface area contributed by atoms with E-state index in [-0.39, 0.29) is 28.8 Å². The van der Waals surface area contributed by atoms with Gasteiger partial charge in [0, 0.05) is 5.56 Å². The van der Waals surface area contributed by atoms with E-state index in [0.717, 1.165) is 0 Å². The molecule has 5 heteroatoms. The summed E-state index contributed by atoms with van der Waals surface area (Å²) in [6.45, 7) is 0. The lowest BCUT2D eigenvalue weighted by molar-refractivity contribution is 0.0960. The smallest absolute Gasteiger partial charge is 0.252 e. The molecule has 4 nitrogen and oxygen atoms in total. The molecule has 0 heterocycles. The molecular weight excluding hydrogens is 190 g/mol. The fraction of sp³-hybridized carbons (Fsp3) is 0.125. The predicted molar refractivity (Wildman–Crippen MR) is 51.1 cm³/mol. The van der Waals surface area contributed by atoms with Crippen LogP contribution in [0.4, 0.5) is 0 Å². The molecule has 0 radical (unpaired) electrons. The zero-order chi connectivity index (χ0) is 9.84. The van der Waals surface area contributed by atoms with Crippen LogP contribution in [0.3, 0.4) is 0 Å². The Bertz CT molecular complexity index is 327. The van der Waals surface area contributed by atoms with Crippen LogP contribution in [0.2, 0.25) is 0 Å². The molecule has 3 N–H and O–H groups in total. The highest BCUT2D eigenvalue weighted by atomic mass is 32.1. The second kappa shape index (κ2) is 4.04. The second-order valence-electron chi connectivity index (χ2n) is 2.37. The summed E-state index contributed by atoms with van der Waals surface area (Å²) in [5.74, 6) is -0.681. The van der Waals surface area contributed by atoms with Crippen LogP contribution in [-0.4, -0.2) is 22.0 Å². The number of phenolic OH excluding ortho intramolecular Hbond substituents is 2. The van der Waals surface area contributed by atoms with E-state index in [9.17, 15) is 4.79 Å². The van der Waals surface area contributed by atoms with Crippen LogP contribution >= 0.6 is 12.6 Å². The van der Waals surface area contributed by atoms with Gasteiger partial charge >= 0.3 is 0 Å². The molecule has 0 saturated carbocycles. The highest BCUT2D eigenvalue weighted by molar-refractivity contribution is 7.80. The van der Waals surface area contributed by atoms with Crippen molar-refractivity contribution in [3.63, 3.8) is 0 Å². The summed E-state index contributed by atoms with van der Waals surface area (Å²) < 4.78 is 0. The predicted octanol–water partition coefficient (Wildman–Crippen LogP) is 0.715. The number of hydrogen-bond donors (Lipinski definition) is 4. The summed E-state index contributed by atoms with van der Waals surface area (Å²) in [6, 6.07) is 3.85. The Morgan fingerprint density at radius 2 is 2.08 bits per heavy atom. The van der Waals surface area contributed by atoms with Gasteiger partial charge in [-0.15, -0.1) is 0 Å². The molecule has 0 unspecified atom stereocenters. The summed E-state index contributed by atoms with van der Waals surface area (Å²) in [5, 5.41) is 20.5. The molecule has 0 aliphatic rings. The Hall–Kier alpha value is -1.36. The van der Waals surface area contributed by atoms with Gasteiger partial charge in [0.2, 0.25) is 0 Å². The first-order valence-electron chi connectivity index (χ1n) is 3.56. The van der Waals surface area contributed by atoms with Crippen molar-refractivity contribution in [2.75, 3.05) is 5.88 Å². The van der Waals surface area contributed by atoms with Crippen LogP contribution in [0.5, 0.6) is 11.5 Å². The lowest BCUT2D eigenvalue weighted by atomic mass is 10.2. The Labute approximate surface area is 80.6 Å². The summed E-state index contributed by atoms with van der Waals surface area (Å²) >= 11 is 3.81. The van der Waals surface area contributed by atoms with Crippen molar-refractivity contribution >= 4 is 18.5 Å². The lowest BCUT2D eigenvalue weighted by Gasteiger charge is -2.02. The van der Waals surface area contributed by atoms with Crippen molar-refractivity contribution < 1.29 is 15.0 Å². The van der Waals surface area contributed by atoms with Gasteiger partial charge < -0.3 is 15.5 Å². The summed E-state index contributed by atoms with van der Waals surface area (Å²) in [5.41, 5.74) is 0.282. The van der Waals surface area contributed by atoms with Crippen LogP contribution in [0.15, 0.2) is 18.2 Å². The number of phenols is 2. The first kappa shape index (κ1) is 9.73. The number of carbonyl (C=O) groups is 1. The standard InChI is InChI=1S/C8H9NO3S/c10-6-2-1-5(3-7(6)11)8(12)9-4-13/h1-3,10-11,13H,4H2,(H,9,12). The van der Waals surface area contributed by atoms with Crippen LogP contribution in [0.1, 0.15) is 10.4 Å². The molecule has 0 spiro atoms. The van der Waals surface area contributed by atoms with E-state index in [4.69, 9.17) is 10.2 Å². The van der Waals surface area contributed by atoms with E-state index in [1.807, 2.05) is 0 Å². The maximum Gasteiger partial charge on any atom is 0.252 e. The summed E-state index contributed by atoms with van der Waals surface area (Å²) in [4.78, 5) is 11.2. The number of amides is 1. The third-order valence-corrected chi connectivity index (χ3v) is 1.64. The van der Waals surface area contributed by atoms with Gasteiger partial charge in [-0.05, 0) is 18.2 Å². The SMILES string of the molecule is O=C(NCS)c1ccc(O)c(O)c1. The molecule has 0 saturated heterocycles. The molecule has 0 bridgehead atoms. The normalized spacial score (nSPS) is 9.62. The van der Waals surface area contributed by atoms with Gasteiger partial charge in [-0.25, -0.2) is 0 Å². The zero-order valence-corrected chi connectivity index (χ0v) is 7.58. The Balaban J connectivity index is 2.90. The highest BCUT2D eigenvalue weighted by Crippen LogP contribution is 2.24. The highest BCUT2D eigenvalue weighted by Gasteiger charge is 2.06. The van der Waals surface area contributed by atoms with Gasteiger partial charge in [-0.3, -0.25) is 4.79 Å². The molecule has 0 aliphatic carbocycles. The molecule has 1 aromatic rings. The third kappa shape index (κ3) is 2.29. The van der Waals surface area contributed by atoms with Crippen molar-refractivity contribution in [3.05, 3.63) is 23.8 Å². The van der Waals surface area contributed by atoms with Crippen LogP contribution in [0, 0.1) is 0 Å². The minimum absolute atomic E-state index is 0.223. The van der Waals surface area contributed by atoms with E-state index in [1.165, 1.54) is 18.2 Å². The molecule has 0 fully saturated rings. The summed E-state index contributed by atoms with van der Waals surface area (Å²) in [7, 11) is 0. The number of carbonyl (C=O) groups excluding carboxylic acids is 1. The average Bonchev–Trinajstić information content (AvgIpc) is 2.10. The number of thiol groups is 1. The van der Waals surface area contributed by atoms with Crippen LogP contribution in [-0.2, 0) is 0 Å². The first-order valence-corrected chi connectivity index (χ1v) is 4.19. The van der Waals surface area contributed by atoms with Crippen LogP contribution < -0.4 is 5.32 Å². The molecule has 1 rings (SSSR count). The molecule has 13 heavy (non-hydrogen) atoms. The minimum atomic E-state index is -0.342. The minimum Gasteiger partial charge on any atom is -0.504 e. The van der Waals surface area contributed by atoms with Crippen molar-refractivity contribution in [1.29, 1.82) is 0 Å². The Morgan fingerprint density at radius 1 is 1.38 bits per heavy atom. The van der Waals surface area contributed by atoms with E-state index in [2.05, 4.69) is 17.9 Å². The van der Waals surface area contributed by atoms with Crippen molar-refractivity contribution in [2.24, 2.45) is 0 Å². The Morgan fingerprint density at radius 3 is 2.62 bits per heavy atom. The molecule has 1 aromatic carbocycles. The van der Waals surface area contributed by atoms with E-state index >= 15 is 0 Å². The topological polar surface area (TPSA) is 69.6 Å². The molecule has 70 valence electrons. The van der Waals surface area contributed by atoms with Crippen molar-refractivity contribution in [3.8, 4) is 11.5 Å². The van der Waals surface area contributed by atoms with E-state index < -0.39 is 0 Å². The number of aromatic hydroxyl groups is 2. The third-order valence-electron chi connectivity index (χ3n) is 1.48. The summed E-state index contributed by atoms with van der Waals surface area (Å²) in [6.07, 6.45) is 0. The number of nitrogens with one attached hydrogen (secondary N) is 1. The zero-order valence-electron chi connectivity index (χ0n) is 6.69. The van der Waals surface area contributed by atoms with Crippen molar-refractivity contribution in [2.45, 2.75) is 0 Å². The lowest BCUT2D eigenvalue weighted by Crippen LogP contribution is -2.21. The number of rotatable bonds is 2. The second-order valence-corrected chi connectivity index (χ2v) is 2.68. The van der Waals surface area contributed by atoms with Crippen LogP contribution in [0.25, 0.3) is 0 Å². The number of hydrogen-bond acceptors (Lipinski definition) is 4. The van der Waals surface area contributed by atoms with Gasteiger partial charge in [0.25, 0.3) is 5.91 Å². The molecule has 0 atom stereocenters. The molecule has 0 aliphatic heterocycles. The van der Waals surface area contributed by atoms with E-state index in [0.29, 0.717) is 0 Å². The first-order chi connectivity index (χ1) is 6.15. The van der Waals surface area contributed by atoms with Gasteiger partial charge in [-0.1, -0.05) is 0 Å². The average molecular weight is 199 g/mol. The number of benzene rings is 1. The monoisotopic (exact) mass is 199 g/mol.